The van der Waals surface area contributed by atoms with Gasteiger partial charge >= 0.3 is 6.09 Å². The first-order valence-electron chi connectivity index (χ1n) is 9.85. The zero-order valence-electron chi connectivity index (χ0n) is 17.1. The topological polar surface area (TPSA) is 80.7 Å². The summed E-state index contributed by atoms with van der Waals surface area (Å²) in [6.45, 7) is 5.96. The molecule has 0 radical (unpaired) electrons. The normalized spacial score (nSPS) is 22.6. The van der Waals surface area contributed by atoms with Gasteiger partial charge in [0.05, 0.1) is 18.2 Å². The highest BCUT2D eigenvalue weighted by atomic mass is 35.5. The Kier molecular flexibility index (Phi) is 5.39. The SMILES string of the molecule is CC(C)(C)OC(=O)N1CC(N)C(O)C(n2c3ccc(Cl)cc3c3cc(Cl)ccc32)C1. The number of hydrogen-bond donors (Lipinski definition) is 2. The molecule has 2 heterocycles. The van der Waals surface area contributed by atoms with E-state index in [4.69, 9.17) is 33.7 Å². The summed E-state index contributed by atoms with van der Waals surface area (Å²) in [4.78, 5) is 14.3. The highest BCUT2D eigenvalue weighted by molar-refractivity contribution is 6.33. The fourth-order valence-corrected chi connectivity index (χ4v) is 4.47. The third-order valence-electron chi connectivity index (χ3n) is 5.38. The molecule has 1 saturated heterocycles. The summed E-state index contributed by atoms with van der Waals surface area (Å²) in [5, 5.41) is 14.1. The largest absolute Gasteiger partial charge is 0.444 e. The minimum Gasteiger partial charge on any atom is -0.444 e. The van der Waals surface area contributed by atoms with Crippen LogP contribution in [0.2, 0.25) is 10.0 Å². The Hall–Kier alpha value is -1.99. The Labute approximate surface area is 185 Å². The van der Waals surface area contributed by atoms with Crippen molar-refractivity contribution in [2.45, 2.75) is 44.6 Å². The second kappa shape index (κ2) is 7.61. The van der Waals surface area contributed by atoms with Crippen LogP contribution < -0.4 is 5.73 Å². The second-order valence-electron chi connectivity index (χ2n) is 8.80. The summed E-state index contributed by atoms with van der Waals surface area (Å²) >= 11 is 12.5. The van der Waals surface area contributed by atoms with E-state index in [1.807, 2.05) is 61.7 Å². The Morgan fingerprint density at radius 1 is 1.07 bits per heavy atom. The van der Waals surface area contributed by atoms with Crippen molar-refractivity contribution in [2.24, 2.45) is 5.73 Å². The molecular formula is C22H25Cl2N3O3. The van der Waals surface area contributed by atoms with E-state index in [-0.39, 0.29) is 13.1 Å². The number of nitrogens with zero attached hydrogens (tertiary/aromatic N) is 2. The highest BCUT2D eigenvalue weighted by Gasteiger charge is 2.39. The van der Waals surface area contributed by atoms with Crippen molar-refractivity contribution in [1.82, 2.24) is 9.47 Å². The smallest absolute Gasteiger partial charge is 0.410 e. The monoisotopic (exact) mass is 449 g/mol. The standard InChI is InChI=1S/C22H25Cl2N3O3/c1-22(2,3)30-21(29)26-10-16(25)20(28)19(11-26)27-17-6-4-12(23)8-14(17)15-9-13(24)5-7-18(15)27/h4-9,16,19-20,28H,10-11,25H2,1-3H3. The summed E-state index contributed by atoms with van der Waals surface area (Å²) in [5.74, 6) is 0. The van der Waals surface area contributed by atoms with Crippen LogP contribution in [-0.4, -0.2) is 51.5 Å². The molecule has 1 fully saturated rings. The molecule has 1 aromatic heterocycles. The maximum atomic E-state index is 12.7. The molecule has 6 nitrogen and oxygen atoms in total. The Balaban J connectivity index is 1.84. The zero-order chi connectivity index (χ0) is 21.8. The molecule has 3 unspecified atom stereocenters. The van der Waals surface area contributed by atoms with Crippen molar-refractivity contribution in [1.29, 1.82) is 0 Å². The number of likely N-dealkylation sites (tertiary alicyclic amines) is 1. The minimum absolute atomic E-state index is 0.224. The van der Waals surface area contributed by atoms with Crippen molar-refractivity contribution in [3.05, 3.63) is 46.4 Å². The van der Waals surface area contributed by atoms with Crippen molar-refractivity contribution in [3.8, 4) is 0 Å². The molecule has 4 rings (SSSR count). The first kappa shape index (κ1) is 21.2. The molecule has 1 amide bonds. The van der Waals surface area contributed by atoms with Crippen molar-refractivity contribution in [2.75, 3.05) is 13.1 Å². The maximum Gasteiger partial charge on any atom is 0.410 e. The predicted octanol–water partition coefficient (Wildman–Crippen LogP) is 4.58. The predicted molar refractivity (Wildman–Crippen MR) is 120 cm³/mol. The van der Waals surface area contributed by atoms with E-state index in [1.54, 1.807) is 4.90 Å². The van der Waals surface area contributed by atoms with E-state index < -0.39 is 29.9 Å². The van der Waals surface area contributed by atoms with Crippen molar-refractivity contribution >= 4 is 51.1 Å². The van der Waals surface area contributed by atoms with Gasteiger partial charge < -0.3 is 25.0 Å². The summed E-state index contributed by atoms with van der Waals surface area (Å²) in [5.41, 5.74) is 7.41. The van der Waals surface area contributed by atoms with Crippen LogP contribution in [0.4, 0.5) is 4.79 Å². The quantitative estimate of drug-likeness (QED) is 0.569. The number of aromatic nitrogens is 1. The van der Waals surface area contributed by atoms with Crippen LogP contribution in [0.5, 0.6) is 0 Å². The highest BCUT2D eigenvalue weighted by Crippen LogP contribution is 2.37. The van der Waals surface area contributed by atoms with Crippen LogP contribution in [0.1, 0.15) is 26.8 Å². The average Bonchev–Trinajstić information content (AvgIpc) is 2.95. The van der Waals surface area contributed by atoms with E-state index in [9.17, 15) is 9.90 Å². The van der Waals surface area contributed by atoms with Gasteiger partial charge in [-0.3, -0.25) is 0 Å². The number of carbonyl (C=O) groups excluding carboxylic acids is 1. The van der Waals surface area contributed by atoms with Gasteiger partial charge in [0.2, 0.25) is 0 Å². The van der Waals surface area contributed by atoms with Gasteiger partial charge in [0, 0.05) is 44.9 Å². The fourth-order valence-electron chi connectivity index (χ4n) is 4.12. The molecular weight excluding hydrogens is 425 g/mol. The number of nitrogens with two attached hydrogens (primary N) is 1. The Morgan fingerprint density at radius 2 is 1.60 bits per heavy atom. The van der Waals surface area contributed by atoms with Crippen LogP contribution >= 0.6 is 23.2 Å². The third-order valence-corrected chi connectivity index (χ3v) is 5.85. The first-order chi connectivity index (χ1) is 14.0. The van der Waals surface area contributed by atoms with Crippen LogP contribution in [0.3, 0.4) is 0 Å². The van der Waals surface area contributed by atoms with Crippen LogP contribution in [0.25, 0.3) is 21.8 Å². The summed E-state index contributed by atoms with van der Waals surface area (Å²) in [6, 6.07) is 10.1. The molecule has 0 spiro atoms. The number of aliphatic hydroxyl groups is 1. The number of halogens is 2. The number of carbonyl (C=O) groups is 1. The van der Waals surface area contributed by atoms with Gasteiger partial charge in [-0.15, -0.1) is 0 Å². The molecule has 1 aliphatic rings. The summed E-state index contributed by atoms with van der Waals surface area (Å²) < 4.78 is 7.56. The van der Waals surface area contributed by atoms with Crippen molar-refractivity contribution < 1.29 is 14.6 Å². The lowest BCUT2D eigenvalue weighted by Gasteiger charge is -2.41. The fraction of sp³-hybridized carbons (Fsp3) is 0.409. The maximum absolute atomic E-state index is 12.7. The first-order valence-corrected chi connectivity index (χ1v) is 10.6. The zero-order valence-corrected chi connectivity index (χ0v) is 18.6. The lowest BCUT2D eigenvalue weighted by atomic mass is 9.97. The Bertz CT molecular complexity index is 1060. The summed E-state index contributed by atoms with van der Waals surface area (Å²) in [7, 11) is 0. The summed E-state index contributed by atoms with van der Waals surface area (Å²) in [6.07, 6.45) is -1.28. The van der Waals surface area contributed by atoms with E-state index in [2.05, 4.69) is 0 Å². The number of ether oxygens (including phenoxy) is 1. The van der Waals surface area contributed by atoms with Gasteiger partial charge in [-0.2, -0.15) is 0 Å². The lowest BCUT2D eigenvalue weighted by Crippen LogP contribution is -2.58. The molecule has 0 aliphatic carbocycles. The number of fused-ring (bicyclic) bond motifs is 3. The molecule has 0 saturated carbocycles. The van der Waals surface area contributed by atoms with Crippen molar-refractivity contribution in [3.63, 3.8) is 0 Å². The minimum atomic E-state index is -0.839. The van der Waals surface area contributed by atoms with Gasteiger partial charge in [-0.25, -0.2) is 4.79 Å². The molecule has 30 heavy (non-hydrogen) atoms. The molecule has 1 aliphatic heterocycles. The van der Waals surface area contributed by atoms with Gasteiger partial charge in [0.1, 0.15) is 5.60 Å². The van der Waals surface area contributed by atoms with Gasteiger partial charge in [0.25, 0.3) is 0 Å². The van der Waals surface area contributed by atoms with Gasteiger partial charge in [0.15, 0.2) is 0 Å². The Morgan fingerprint density at radius 3 is 2.10 bits per heavy atom. The molecule has 160 valence electrons. The molecule has 2 aromatic carbocycles. The second-order valence-corrected chi connectivity index (χ2v) is 9.67. The lowest BCUT2D eigenvalue weighted by molar-refractivity contribution is -0.0120. The van der Waals surface area contributed by atoms with Crippen LogP contribution in [0.15, 0.2) is 36.4 Å². The van der Waals surface area contributed by atoms with Gasteiger partial charge in [-0.05, 0) is 57.2 Å². The number of hydrogen-bond acceptors (Lipinski definition) is 4. The molecule has 3 aromatic rings. The molecule has 8 heteroatoms. The molecule has 3 atom stereocenters. The van der Waals surface area contributed by atoms with E-state index in [0.29, 0.717) is 10.0 Å². The van der Waals surface area contributed by atoms with E-state index >= 15 is 0 Å². The molecule has 0 bridgehead atoms. The van der Waals surface area contributed by atoms with Crippen LogP contribution in [0, 0.1) is 0 Å². The average molecular weight is 450 g/mol. The number of aliphatic hydroxyl groups excluding tert-OH is 1. The van der Waals surface area contributed by atoms with E-state index in [1.165, 1.54) is 0 Å². The number of benzene rings is 2. The number of piperidine rings is 1. The third kappa shape index (κ3) is 3.85. The number of rotatable bonds is 1. The van der Waals surface area contributed by atoms with E-state index in [0.717, 1.165) is 21.8 Å². The van der Waals surface area contributed by atoms with Crippen LogP contribution in [-0.2, 0) is 4.74 Å². The number of amides is 1. The molecule has 3 N–H and O–H groups in total. The van der Waals surface area contributed by atoms with Gasteiger partial charge in [-0.1, -0.05) is 23.2 Å².